The summed E-state index contributed by atoms with van der Waals surface area (Å²) in [6, 6.07) is 5.14. The van der Waals surface area contributed by atoms with E-state index in [-0.39, 0.29) is 17.4 Å². The van der Waals surface area contributed by atoms with Crippen LogP contribution in [0.15, 0.2) is 39.4 Å². The normalized spacial score (nSPS) is 10.8. The highest BCUT2D eigenvalue weighted by Gasteiger charge is 2.17. The lowest BCUT2D eigenvalue weighted by molar-refractivity contribution is -0.113. The van der Waals surface area contributed by atoms with Crippen molar-refractivity contribution in [2.24, 2.45) is 0 Å². The zero-order chi connectivity index (χ0) is 17.8. The van der Waals surface area contributed by atoms with Crippen LogP contribution in [0.3, 0.4) is 0 Å². The van der Waals surface area contributed by atoms with E-state index in [4.69, 9.17) is 0 Å². The molecule has 0 saturated carbocycles. The third-order valence-electron chi connectivity index (χ3n) is 3.24. The molecular weight excluding hydrogens is 426 g/mol. The Morgan fingerprint density at radius 1 is 1.44 bits per heavy atom. The van der Waals surface area contributed by atoms with Crippen molar-refractivity contribution in [3.63, 3.8) is 0 Å². The van der Waals surface area contributed by atoms with Gasteiger partial charge in [0.2, 0.25) is 5.91 Å². The van der Waals surface area contributed by atoms with E-state index in [1.165, 1.54) is 23.1 Å². The van der Waals surface area contributed by atoms with Gasteiger partial charge in [-0.15, -0.1) is 21.5 Å². The van der Waals surface area contributed by atoms with Gasteiger partial charge in [-0.2, -0.15) is 0 Å². The topological polar surface area (TPSA) is 92.9 Å². The average molecular weight is 440 g/mol. The van der Waals surface area contributed by atoms with Crippen molar-refractivity contribution < 1.29 is 9.90 Å². The number of hydrogen-bond acceptors (Lipinski definition) is 7. The van der Waals surface area contributed by atoms with Gasteiger partial charge in [-0.25, -0.2) is 4.98 Å². The number of nitrogens with one attached hydrogen (secondary N) is 1. The number of benzene rings is 1. The molecule has 2 aromatic heterocycles. The van der Waals surface area contributed by atoms with E-state index in [1.54, 1.807) is 29.8 Å². The van der Waals surface area contributed by atoms with Gasteiger partial charge < -0.3 is 15.0 Å². The first-order valence-corrected chi connectivity index (χ1v) is 9.98. The summed E-state index contributed by atoms with van der Waals surface area (Å²) >= 11 is 6.05. The molecule has 1 aromatic carbocycles. The number of nitrogens with zero attached hydrogens (tertiary/aromatic N) is 4. The zero-order valence-corrected chi connectivity index (χ0v) is 16.4. The molecule has 0 aliphatic carbocycles. The van der Waals surface area contributed by atoms with Gasteiger partial charge in [0.05, 0.1) is 11.3 Å². The summed E-state index contributed by atoms with van der Waals surface area (Å²) in [5.41, 5.74) is 0.586. The van der Waals surface area contributed by atoms with Crippen LogP contribution in [0, 0.1) is 0 Å². The third kappa shape index (κ3) is 4.20. The number of rotatable bonds is 6. The highest BCUT2D eigenvalue weighted by Crippen LogP contribution is 2.32. The van der Waals surface area contributed by atoms with Crippen molar-refractivity contribution in [2.75, 3.05) is 11.1 Å². The smallest absolute Gasteiger partial charge is 0.236 e. The molecule has 2 heterocycles. The van der Waals surface area contributed by atoms with Crippen molar-refractivity contribution >= 4 is 50.1 Å². The lowest BCUT2D eigenvalue weighted by Crippen LogP contribution is -2.14. The van der Waals surface area contributed by atoms with E-state index >= 15 is 0 Å². The van der Waals surface area contributed by atoms with Crippen molar-refractivity contribution in [2.45, 2.75) is 18.6 Å². The molecule has 0 radical (unpaired) electrons. The number of carbonyl (C=O) groups excluding carboxylic acids is 1. The first-order chi connectivity index (χ1) is 12.1. The van der Waals surface area contributed by atoms with Crippen LogP contribution in [0.4, 0.5) is 5.13 Å². The molecule has 1 amide bonds. The monoisotopic (exact) mass is 439 g/mol. The van der Waals surface area contributed by atoms with E-state index in [0.29, 0.717) is 28.2 Å². The largest absolute Gasteiger partial charge is 0.507 e. The summed E-state index contributed by atoms with van der Waals surface area (Å²) in [4.78, 5) is 16.0. The third-order valence-corrected chi connectivity index (χ3v) is 5.39. The Kier molecular flexibility index (Phi) is 5.71. The second-order valence-electron chi connectivity index (χ2n) is 4.89. The highest BCUT2D eigenvalue weighted by atomic mass is 79.9. The van der Waals surface area contributed by atoms with Gasteiger partial charge in [0.1, 0.15) is 5.75 Å². The summed E-state index contributed by atoms with van der Waals surface area (Å²) in [5, 5.41) is 24.2. The Morgan fingerprint density at radius 2 is 2.28 bits per heavy atom. The number of halogens is 1. The summed E-state index contributed by atoms with van der Waals surface area (Å²) in [5.74, 6) is 0.729. The first kappa shape index (κ1) is 17.9. The predicted octanol–water partition coefficient (Wildman–Crippen LogP) is 3.62. The van der Waals surface area contributed by atoms with Gasteiger partial charge in [-0.05, 0) is 25.1 Å². The zero-order valence-electron chi connectivity index (χ0n) is 13.1. The number of aromatic nitrogens is 4. The van der Waals surface area contributed by atoms with Crippen LogP contribution >= 0.6 is 39.0 Å². The number of thiazole rings is 1. The molecule has 2 N–H and O–H groups in total. The van der Waals surface area contributed by atoms with Crippen LogP contribution in [-0.2, 0) is 11.3 Å². The number of aromatic hydroxyl groups is 1. The highest BCUT2D eigenvalue weighted by molar-refractivity contribution is 9.10. The fourth-order valence-corrected chi connectivity index (χ4v) is 3.85. The molecule has 3 aromatic rings. The van der Waals surface area contributed by atoms with E-state index < -0.39 is 0 Å². The summed E-state index contributed by atoms with van der Waals surface area (Å²) in [6.07, 6.45) is 1.64. The Balaban J connectivity index is 1.76. The van der Waals surface area contributed by atoms with Crippen molar-refractivity contribution in [3.8, 4) is 17.1 Å². The van der Waals surface area contributed by atoms with Gasteiger partial charge in [0, 0.05) is 22.6 Å². The molecule has 0 spiro atoms. The van der Waals surface area contributed by atoms with Crippen LogP contribution < -0.4 is 5.32 Å². The van der Waals surface area contributed by atoms with Crippen LogP contribution in [0.5, 0.6) is 5.75 Å². The second kappa shape index (κ2) is 7.98. The number of phenols is 1. The number of phenolic OH excluding ortho intramolecular Hbond substituents is 1. The van der Waals surface area contributed by atoms with E-state index in [1.807, 2.05) is 11.5 Å². The molecule has 0 aliphatic rings. The van der Waals surface area contributed by atoms with Crippen molar-refractivity contribution in [1.82, 2.24) is 19.7 Å². The number of hydrogen-bond donors (Lipinski definition) is 2. The van der Waals surface area contributed by atoms with Gasteiger partial charge in [-0.1, -0.05) is 27.7 Å². The van der Waals surface area contributed by atoms with Gasteiger partial charge >= 0.3 is 0 Å². The maximum atomic E-state index is 12.0. The van der Waals surface area contributed by atoms with Gasteiger partial charge in [0.25, 0.3) is 0 Å². The van der Waals surface area contributed by atoms with E-state index in [2.05, 4.69) is 36.4 Å². The number of amides is 1. The minimum absolute atomic E-state index is 0.128. The molecule has 0 saturated heterocycles. The lowest BCUT2D eigenvalue weighted by Gasteiger charge is -2.09. The fraction of sp³-hybridized carbons (Fsp3) is 0.200. The van der Waals surface area contributed by atoms with Crippen LogP contribution in [0.25, 0.3) is 11.4 Å². The molecule has 25 heavy (non-hydrogen) atoms. The minimum Gasteiger partial charge on any atom is -0.507 e. The maximum Gasteiger partial charge on any atom is 0.236 e. The Morgan fingerprint density at radius 3 is 3.00 bits per heavy atom. The van der Waals surface area contributed by atoms with Crippen LogP contribution in [-0.4, -0.2) is 36.5 Å². The van der Waals surface area contributed by atoms with Gasteiger partial charge in [0.15, 0.2) is 16.1 Å². The molecule has 0 atom stereocenters. The molecule has 130 valence electrons. The lowest BCUT2D eigenvalue weighted by atomic mass is 10.2. The van der Waals surface area contributed by atoms with Crippen LogP contribution in [0.1, 0.15) is 6.92 Å². The summed E-state index contributed by atoms with van der Waals surface area (Å²) in [7, 11) is 0. The maximum absolute atomic E-state index is 12.0. The number of carbonyl (C=O) groups is 1. The predicted molar refractivity (Wildman–Crippen MR) is 102 cm³/mol. The standard InChI is InChI=1S/C15H14BrN5O2S2/c1-2-21-13(10-7-9(16)3-4-11(10)22)19-20-15(21)25-8-12(23)18-14-17-5-6-24-14/h3-7,22H,2,8H2,1H3,(H,17,18,23). The number of thioether (sulfide) groups is 1. The molecule has 0 fully saturated rings. The second-order valence-corrected chi connectivity index (χ2v) is 7.64. The molecule has 3 rings (SSSR count). The van der Waals surface area contributed by atoms with Crippen LogP contribution in [0.2, 0.25) is 0 Å². The quantitative estimate of drug-likeness (QED) is 0.569. The Labute approximate surface area is 160 Å². The number of anilines is 1. The first-order valence-electron chi connectivity index (χ1n) is 7.32. The molecule has 7 nitrogen and oxygen atoms in total. The van der Waals surface area contributed by atoms with E-state index in [0.717, 1.165) is 4.47 Å². The molecule has 10 heteroatoms. The van der Waals surface area contributed by atoms with Gasteiger partial charge in [-0.3, -0.25) is 4.79 Å². The SMILES string of the molecule is CCn1c(SCC(=O)Nc2nccs2)nnc1-c1cc(Br)ccc1O. The molecular formula is C15H14BrN5O2S2. The van der Waals surface area contributed by atoms with E-state index in [9.17, 15) is 9.90 Å². The Bertz CT molecular complexity index is 882. The minimum atomic E-state index is -0.155. The van der Waals surface area contributed by atoms with Crippen molar-refractivity contribution in [1.29, 1.82) is 0 Å². The van der Waals surface area contributed by atoms with Crippen molar-refractivity contribution in [3.05, 3.63) is 34.2 Å². The molecule has 0 unspecified atom stereocenters. The fourth-order valence-electron chi connectivity index (χ4n) is 2.14. The molecule has 0 aliphatic heterocycles. The Hall–Kier alpha value is -1.91. The summed E-state index contributed by atoms with van der Waals surface area (Å²) in [6.45, 7) is 2.58. The molecule has 0 bridgehead atoms. The average Bonchev–Trinajstić information content (AvgIpc) is 3.24. The summed E-state index contributed by atoms with van der Waals surface area (Å²) < 4.78 is 2.70.